The molecular weight excluding hydrogens is 300 g/mol. The third-order valence-electron chi connectivity index (χ3n) is 4.92. The van der Waals surface area contributed by atoms with Gasteiger partial charge in [0.05, 0.1) is 5.92 Å². The van der Waals surface area contributed by atoms with E-state index in [1.165, 1.54) is 5.56 Å². The molecule has 2 aromatic carbocycles. The number of hydrogen-bond acceptors (Lipinski definition) is 2. The Morgan fingerprint density at radius 3 is 2.46 bits per heavy atom. The lowest BCUT2D eigenvalue weighted by molar-refractivity contribution is -0.138. The van der Waals surface area contributed by atoms with Gasteiger partial charge in [-0.1, -0.05) is 49.4 Å². The Morgan fingerprint density at radius 1 is 1.17 bits per heavy atom. The zero-order valence-corrected chi connectivity index (χ0v) is 14.0. The van der Waals surface area contributed by atoms with Gasteiger partial charge in [-0.15, -0.1) is 0 Å². The monoisotopic (exact) mass is 324 g/mol. The van der Waals surface area contributed by atoms with E-state index in [0.717, 1.165) is 30.6 Å². The molecule has 1 aliphatic carbocycles. The quantitative estimate of drug-likeness (QED) is 0.753. The van der Waals surface area contributed by atoms with E-state index in [2.05, 4.69) is 31.2 Å². The SMILES string of the molecule is CCC(CC1CC1C(=O)O)c1ccc(OCc2ccccc2)cc1. The van der Waals surface area contributed by atoms with E-state index in [1.807, 2.05) is 30.3 Å². The lowest BCUT2D eigenvalue weighted by Crippen LogP contribution is -2.04. The highest BCUT2D eigenvalue weighted by atomic mass is 16.5. The van der Waals surface area contributed by atoms with Crippen LogP contribution in [0.5, 0.6) is 5.75 Å². The molecule has 0 spiro atoms. The lowest BCUT2D eigenvalue weighted by atomic mass is 9.90. The summed E-state index contributed by atoms with van der Waals surface area (Å²) >= 11 is 0. The van der Waals surface area contributed by atoms with Crippen molar-refractivity contribution in [3.8, 4) is 5.75 Å². The summed E-state index contributed by atoms with van der Waals surface area (Å²) in [6, 6.07) is 18.4. The van der Waals surface area contributed by atoms with Crippen molar-refractivity contribution in [3.63, 3.8) is 0 Å². The van der Waals surface area contributed by atoms with E-state index in [9.17, 15) is 4.79 Å². The second-order valence-corrected chi connectivity index (χ2v) is 6.62. The fourth-order valence-electron chi connectivity index (χ4n) is 3.29. The maximum absolute atomic E-state index is 11.0. The molecule has 24 heavy (non-hydrogen) atoms. The highest BCUT2D eigenvalue weighted by molar-refractivity contribution is 5.73. The molecule has 0 saturated heterocycles. The van der Waals surface area contributed by atoms with E-state index >= 15 is 0 Å². The van der Waals surface area contributed by atoms with Gasteiger partial charge in [-0.2, -0.15) is 0 Å². The van der Waals surface area contributed by atoms with Crippen LogP contribution in [-0.4, -0.2) is 11.1 Å². The average molecular weight is 324 g/mol. The van der Waals surface area contributed by atoms with Crippen LogP contribution in [-0.2, 0) is 11.4 Å². The normalized spacial score (nSPS) is 20.4. The molecule has 1 fully saturated rings. The van der Waals surface area contributed by atoms with Crippen molar-refractivity contribution in [1.29, 1.82) is 0 Å². The Morgan fingerprint density at radius 2 is 1.88 bits per heavy atom. The van der Waals surface area contributed by atoms with Crippen LogP contribution in [0, 0.1) is 11.8 Å². The molecule has 0 bridgehead atoms. The van der Waals surface area contributed by atoms with Gasteiger partial charge in [0.1, 0.15) is 12.4 Å². The molecule has 2 aromatic rings. The van der Waals surface area contributed by atoms with Crippen molar-refractivity contribution < 1.29 is 14.6 Å². The van der Waals surface area contributed by atoms with Crippen molar-refractivity contribution in [1.82, 2.24) is 0 Å². The predicted octanol–water partition coefficient (Wildman–Crippen LogP) is 4.87. The van der Waals surface area contributed by atoms with Crippen molar-refractivity contribution in [3.05, 3.63) is 65.7 Å². The van der Waals surface area contributed by atoms with Gasteiger partial charge in [-0.05, 0) is 54.4 Å². The average Bonchev–Trinajstić information content (AvgIpc) is 3.39. The van der Waals surface area contributed by atoms with Gasteiger partial charge in [0.25, 0.3) is 0 Å². The Balaban J connectivity index is 1.55. The van der Waals surface area contributed by atoms with E-state index < -0.39 is 5.97 Å². The highest BCUT2D eigenvalue weighted by Crippen LogP contribution is 2.46. The van der Waals surface area contributed by atoms with Gasteiger partial charge in [0.2, 0.25) is 0 Å². The molecule has 0 heterocycles. The molecular formula is C21H24O3. The molecule has 0 amide bonds. The van der Waals surface area contributed by atoms with Crippen LogP contribution < -0.4 is 4.74 Å². The fraction of sp³-hybridized carbons (Fsp3) is 0.381. The van der Waals surface area contributed by atoms with Gasteiger partial charge in [-0.25, -0.2) is 0 Å². The van der Waals surface area contributed by atoms with Gasteiger partial charge in [0, 0.05) is 0 Å². The number of benzene rings is 2. The van der Waals surface area contributed by atoms with E-state index in [1.54, 1.807) is 0 Å². The number of hydrogen-bond donors (Lipinski definition) is 1. The molecule has 3 heteroatoms. The minimum atomic E-state index is -0.639. The van der Waals surface area contributed by atoms with E-state index in [0.29, 0.717) is 18.4 Å². The molecule has 1 aliphatic rings. The Kier molecular flexibility index (Phi) is 5.19. The molecule has 0 aliphatic heterocycles. The first-order chi connectivity index (χ1) is 11.7. The fourth-order valence-corrected chi connectivity index (χ4v) is 3.29. The maximum Gasteiger partial charge on any atom is 0.306 e. The minimum absolute atomic E-state index is 0.118. The van der Waals surface area contributed by atoms with Crippen molar-refractivity contribution >= 4 is 5.97 Å². The zero-order chi connectivity index (χ0) is 16.9. The zero-order valence-electron chi connectivity index (χ0n) is 14.0. The first-order valence-electron chi connectivity index (χ1n) is 8.67. The molecule has 3 nitrogen and oxygen atoms in total. The van der Waals surface area contributed by atoms with Crippen LogP contribution in [0.25, 0.3) is 0 Å². The van der Waals surface area contributed by atoms with Crippen molar-refractivity contribution in [2.24, 2.45) is 11.8 Å². The van der Waals surface area contributed by atoms with Crippen LogP contribution in [0.3, 0.4) is 0 Å². The summed E-state index contributed by atoms with van der Waals surface area (Å²) in [5.41, 5.74) is 2.43. The summed E-state index contributed by atoms with van der Waals surface area (Å²) in [7, 11) is 0. The Bertz CT molecular complexity index is 663. The lowest BCUT2D eigenvalue weighted by Gasteiger charge is -2.16. The van der Waals surface area contributed by atoms with Gasteiger partial charge in [-0.3, -0.25) is 4.79 Å². The smallest absolute Gasteiger partial charge is 0.306 e. The van der Waals surface area contributed by atoms with E-state index in [-0.39, 0.29) is 5.92 Å². The van der Waals surface area contributed by atoms with Crippen molar-refractivity contribution in [2.75, 3.05) is 0 Å². The van der Waals surface area contributed by atoms with Gasteiger partial charge < -0.3 is 9.84 Å². The number of aliphatic carboxylic acids is 1. The molecule has 0 aromatic heterocycles. The summed E-state index contributed by atoms with van der Waals surface area (Å²) in [5, 5.41) is 9.05. The molecule has 1 saturated carbocycles. The maximum atomic E-state index is 11.0. The first-order valence-corrected chi connectivity index (χ1v) is 8.67. The highest BCUT2D eigenvalue weighted by Gasteiger charge is 2.43. The van der Waals surface area contributed by atoms with Gasteiger partial charge >= 0.3 is 5.97 Å². The van der Waals surface area contributed by atoms with E-state index in [4.69, 9.17) is 9.84 Å². The second-order valence-electron chi connectivity index (χ2n) is 6.62. The van der Waals surface area contributed by atoms with Crippen LogP contribution >= 0.6 is 0 Å². The molecule has 3 unspecified atom stereocenters. The van der Waals surface area contributed by atoms with Crippen LogP contribution in [0.2, 0.25) is 0 Å². The van der Waals surface area contributed by atoms with Crippen LogP contribution in [0.15, 0.2) is 54.6 Å². The van der Waals surface area contributed by atoms with Crippen LogP contribution in [0.4, 0.5) is 0 Å². The summed E-state index contributed by atoms with van der Waals surface area (Å²) in [4.78, 5) is 11.0. The number of carboxylic acids is 1. The first kappa shape index (κ1) is 16.6. The number of carboxylic acid groups (broad SMARTS) is 1. The molecule has 3 atom stereocenters. The van der Waals surface area contributed by atoms with Crippen molar-refractivity contribution in [2.45, 2.75) is 38.7 Å². The third-order valence-corrected chi connectivity index (χ3v) is 4.92. The van der Waals surface area contributed by atoms with Crippen LogP contribution in [0.1, 0.15) is 43.2 Å². The predicted molar refractivity (Wildman–Crippen MR) is 94.1 cm³/mol. The number of rotatable bonds is 8. The Hall–Kier alpha value is -2.29. The summed E-state index contributed by atoms with van der Waals surface area (Å²) in [6.45, 7) is 2.74. The number of carbonyl (C=O) groups is 1. The summed E-state index contributed by atoms with van der Waals surface area (Å²) < 4.78 is 5.82. The molecule has 126 valence electrons. The third kappa shape index (κ3) is 4.16. The largest absolute Gasteiger partial charge is 0.489 e. The number of ether oxygens (including phenoxy) is 1. The molecule has 3 rings (SSSR count). The Labute approximate surface area is 143 Å². The standard InChI is InChI=1S/C21H24O3/c1-2-16(12-18-13-20(18)21(22)23)17-8-10-19(11-9-17)24-14-15-6-4-3-5-7-15/h3-11,16,18,20H,2,12-14H2,1H3,(H,22,23). The van der Waals surface area contributed by atoms with Gasteiger partial charge in [0.15, 0.2) is 0 Å². The minimum Gasteiger partial charge on any atom is -0.489 e. The summed E-state index contributed by atoms with van der Waals surface area (Å²) in [6.07, 6.45) is 2.84. The molecule has 0 radical (unpaired) electrons. The topological polar surface area (TPSA) is 46.5 Å². The molecule has 1 N–H and O–H groups in total. The summed E-state index contributed by atoms with van der Waals surface area (Å²) in [5.74, 6) is 0.892. The second kappa shape index (κ2) is 7.52.